The molecule has 54 valence electrons. The molecule has 6 heteroatoms. The van der Waals surface area contributed by atoms with Gasteiger partial charge in [-0.25, -0.2) is 0 Å². The fourth-order valence-electron chi connectivity index (χ4n) is 0.342. The van der Waals surface area contributed by atoms with Crippen molar-refractivity contribution in [3.8, 4) is 0 Å². The van der Waals surface area contributed by atoms with E-state index in [2.05, 4.69) is 4.37 Å². The van der Waals surface area contributed by atoms with Crippen molar-refractivity contribution >= 4 is 46.3 Å². The standard InChI is InChI=1S/C4Cl3NOS/c5-1-2(6)4(9)10-8-3(1)7. The van der Waals surface area contributed by atoms with E-state index in [0.29, 0.717) is 11.5 Å². The van der Waals surface area contributed by atoms with Gasteiger partial charge >= 0.3 is 0 Å². The molecule has 0 aliphatic heterocycles. The summed E-state index contributed by atoms with van der Waals surface area (Å²) in [5, 5.41) is 0.0232. The number of hydrogen-bond acceptors (Lipinski definition) is 3. The van der Waals surface area contributed by atoms with E-state index >= 15 is 0 Å². The maximum atomic E-state index is 10.7. The Hall–Kier alpha value is 0.170. The summed E-state index contributed by atoms with van der Waals surface area (Å²) >= 11 is 17.0. The summed E-state index contributed by atoms with van der Waals surface area (Å²) in [5.74, 6) is 0. The van der Waals surface area contributed by atoms with Gasteiger partial charge in [0.25, 0.3) is 4.74 Å². The first-order valence-corrected chi connectivity index (χ1v) is 4.04. The Labute approximate surface area is 75.5 Å². The van der Waals surface area contributed by atoms with Crippen LogP contribution in [0.1, 0.15) is 0 Å². The first-order chi connectivity index (χ1) is 4.63. The molecule has 1 aromatic heterocycles. The largest absolute Gasteiger partial charge is 0.274 e. The highest BCUT2D eigenvalue weighted by Crippen LogP contribution is 2.24. The van der Waals surface area contributed by atoms with Crippen LogP contribution in [0, 0.1) is 0 Å². The first kappa shape index (κ1) is 8.27. The van der Waals surface area contributed by atoms with Gasteiger partial charge in [0.1, 0.15) is 10.0 Å². The minimum atomic E-state index is -0.379. The molecule has 0 aliphatic carbocycles. The zero-order valence-corrected chi connectivity index (χ0v) is 7.48. The molecule has 0 aliphatic rings. The van der Waals surface area contributed by atoms with Crippen LogP contribution < -0.4 is 4.74 Å². The molecular weight excluding hydrogens is 216 g/mol. The number of rotatable bonds is 0. The van der Waals surface area contributed by atoms with E-state index in [4.69, 9.17) is 34.8 Å². The molecule has 0 fully saturated rings. The number of hydrogen-bond donors (Lipinski definition) is 0. The summed E-state index contributed by atoms with van der Waals surface area (Å²) in [5.41, 5.74) is 0. The number of halogens is 3. The lowest BCUT2D eigenvalue weighted by Crippen LogP contribution is -1.96. The van der Waals surface area contributed by atoms with Crippen LogP contribution in [0.25, 0.3) is 0 Å². The number of aromatic nitrogens is 1. The van der Waals surface area contributed by atoms with Crippen LogP contribution in [0.2, 0.25) is 15.2 Å². The summed E-state index contributed by atoms with van der Waals surface area (Å²) in [7, 11) is 0. The molecule has 0 spiro atoms. The van der Waals surface area contributed by atoms with E-state index in [1.807, 2.05) is 0 Å². The highest BCUT2D eigenvalue weighted by Gasteiger charge is 2.07. The third-order valence-electron chi connectivity index (χ3n) is 0.762. The Bertz CT molecular complexity index is 310. The van der Waals surface area contributed by atoms with Crippen molar-refractivity contribution in [3.63, 3.8) is 0 Å². The van der Waals surface area contributed by atoms with Gasteiger partial charge in [0.05, 0.1) is 0 Å². The minimum absolute atomic E-state index is 0.0204. The van der Waals surface area contributed by atoms with E-state index in [9.17, 15) is 4.79 Å². The van der Waals surface area contributed by atoms with Crippen molar-refractivity contribution in [2.75, 3.05) is 0 Å². The molecule has 10 heavy (non-hydrogen) atoms. The van der Waals surface area contributed by atoms with E-state index in [1.165, 1.54) is 0 Å². The third-order valence-corrected chi connectivity index (χ3v) is 2.81. The Kier molecular flexibility index (Phi) is 2.52. The average Bonchev–Trinajstić information content (AvgIpc) is 1.93. The number of nitrogens with zero attached hydrogens (tertiary/aromatic N) is 1. The SMILES string of the molecule is O=c1snc(Cl)c(Cl)c1Cl. The van der Waals surface area contributed by atoms with Gasteiger partial charge < -0.3 is 0 Å². The Morgan fingerprint density at radius 1 is 1.20 bits per heavy atom. The zero-order valence-electron chi connectivity index (χ0n) is 4.40. The Morgan fingerprint density at radius 3 is 2.30 bits per heavy atom. The lowest BCUT2D eigenvalue weighted by atomic mass is 10.6. The van der Waals surface area contributed by atoms with E-state index in [-0.39, 0.29) is 19.9 Å². The molecule has 0 unspecified atom stereocenters. The molecule has 1 rings (SSSR count). The zero-order chi connectivity index (χ0) is 7.72. The highest BCUT2D eigenvalue weighted by molar-refractivity contribution is 7.03. The van der Waals surface area contributed by atoms with Crippen molar-refractivity contribution in [1.82, 2.24) is 4.37 Å². The minimum Gasteiger partial charge on any atom is -0.274 e. The molecule has 0 saturated carbocycles. The van der Waals surface area contributed by atoms with E-state index in [1.54, 1.807) is 0 Å². The van der Waals surface area contributed by atoms with Crippen molar-refractivity contribution in [3.05, 3.63) is 24.7 Å². The molecular formula is C4Cl3NOS. The lowest BCUT2D eigenvalue weighted by molar-refractivity contribution is 1.50. The smallest absolute Gasteiger partial charge is 0.270 e. The van der Waals surface area contributed by atoms with E-state index < -0.39 is 0 Å². The van der Waals surface area contributed by atoms with Crippen LogP contribution in [-0.4, -0.2) is 4.37 Å². The Balaban J connectivity index is 3.49. The van der Waals surface area contributed by atoms with Gasteiger partial charge in [-0.15, -0.1) is 0 Å². The summed E-state index contributed by atoms with van der Waals surface area (Å²) < 4.78 is 3.14. The van der Waals surface area contributed by atoms with Crippen molar-refractivity contribution in [1.29, 1.82) is 0 Å². The maximum absolute atomic E-state index is 10.7. The van der Waals surface area contributed by atoms with Crippen LogP contribution in [0.3, 0.4) is 0 Å². The van der Waals surface area contributed by atoms with Gasteiger partial charge in [0.2, 0.25) is 0 Å². The quantitative estimate of drug-likeness (QED) is 0.667. The second-order valence-electron chi connectivity index (χ2n) is 1.39. The summed E-state index contributed by atoms with van der Waals surface area (Å²) in [6.45, 7) is 0. The van der Waals surface area contributed by atoms with Crippen LogP contribution in [0.5, 0.6) is 0 Å². The molecule has 0 radical (unpaired) electrons. The summed E-state index contributed by atoms with van der Waals surface area (Å²) in [4.78, 5) is 10.7. The fraction of sp³-hybridized carbons (Fsp3) is 0. The molecule has 0 bridgehead atoms. The maximum Gasteiger partial charge on any atom is 0.270 e. The van der Waals surface area contributed by atoms with Crippen molar-refractivity contribution in [2.24, 2.45) is 0 Å². The van der Waals surface area contributed by atoms with Gasteiger partial charge in [0, 0.05) is 11.5 Å². The molecule has 0 N–H and O–H groups in total. The van der Waals surface area contributed by atoms with Crippen molar-refractivity contribution in [2.45, 2.75) is 0 Å². The fourth-order valence-corrected chi connectivity index (χ4v) is 1.45. The third kappa shape index (κ3) is 1.42. The van der Waals surface area contributed by atoms with Gasteiger partial charge in [-0.3, -0.25) is 4.79 Å². The molecule has 0 amide bonds. The van der Waals surface area contributed by atoms with Crippen LogP contribution in [0.15, 0.2) is 4.79 Å². The van der Waals surface area contributed by atoms with Crippen LogP contribution >= 0.6 is 46.3 Å². The van der Waals surface area contributed by atoms with Crippen molar-refractivity contribution < 1.29 is 0 Å². The van der Waals surface area contributed by atoms with Crippen LogP contribution in [0.4, 0.5) is 0 Å². The monoisotopic (exact) mass is 215 g/mol. The van der Waals surface area contributed by atoms with Crippen LogP contribution in [-0.2, 0) is 0 Å². The molecule has 0 aromatic carbocycles. The predicted octanol–water partition coefficient (Wildman–Crippen LogP) is 2.46. The summed E-state index contributed by atoms with van der Waals surface area (Å²) in [6.07, 6.45) is 0. The normalized spacial score (nSPS) is 9.90. The molecule has 1 heterocycles. The summed E-state index contributed by atoms with van der Waals surface area (Å²) in [6, 6.07) is 0. The van der Waals surface area contributed by atoms with Gasteiger partial charge in [-0.05, 0) is 0 Å². The lowest BCUT2D eigenvalue weighted by Gasteiger charge is -1.91. The second-order valence-corrected chi connectivity index (χ2v) is 3.24. The molecule has 1 aromatic rings. The highest BCUT2D eigenvalue weighted by atomic mass is 35.5. The van der Waals surface area contributed by atoms with Gasteiger partial charge in [0.15, 0.2) is 5.15 Å². The predicted molar refractivity (Wildman–Crippen MR) is 43.4 cm³/mol. The Morgan fingerprint density at radius 2 is 1.80 bits per heavy atom. The molecule has 2 nitrogen and oxygen atoms in total. The molecule has 0 saturated heterocycles. The second kappa shape index (κ2) is 3.05. The van der Waals surface area contributed by atoms with Gasteiger partial charge in [-0.1, -0.05) is 34.8 Å². The van der Waals surface area contributed by atoms with Gasteiger partial charge in [-0.2, -0.15) is 4.37 Å². The first-order valence-electron chi connectivity index (χ1n) is 2.13. The van der Waals surface area contributed by atoms with E-state index in [0.717, 1.165) is 0 Å². The average molecular weight is 216 g/mol. The molecule has 0 atom stereocenters. The topological polar surface area (TPSA) is 30.0 Å².